The molecule has 0 aromatic heterocycles. The van der Waals surface area contributed by atoms with Crippen molar-refractivity contribution in [1.82, 2.24) is 4.90 Å². The van der Waals surface area contributed by atoms with Gasteiger partial charge in [0, 0.05) is 15.0 Å². The standard InChI is InChI=1S/C6H11NO2S.B/c1-7(2)3-4-9-6(8)5-10;/h5H,3-4H2,1-2H3;. The molecule has 0 saturated heterocycles. The summed E-state index contributed by atoms with van der Waals surface area (Å²) in [4.78, 5) is 12.3. The number of rotatable bonds is 4. The van der Waals surface area contributed by atoms with Crippen LogP contribution in [0.25, 0.3) is 0 Å². The van der Waals surface area contributed by atoms with Crippen molar-refractivity contribution in [1.29, 1.82) is 0 Å². The summed E-state index contributed by atoms with van der Waals surface area (Å²) in [6.45, 7) is 1.13. The molecule has 0 N–H and O–H groups in total. The number of carbonyl (C=O) groups is 1. The summed E-state index contributed by atoms with van der Waals surface area (Å²) < 4.78 is 4.66. The molecule has 0 aromatic rings. The normalized spacial score (nSPS) is 8.64. The van der Waals surface area contributed by atoms with Gasteiger partial charge in [0.1, 0.15) is 6.61 Å². The van der Waals surface area contributed by atoms with Crippen LogP contribution in [-0.4, -0.2) is 51.9 Å². The minimum absolute atomic E-state index is 0. The Balaban J connectivity index is 0. The van der Waals surface area contributed by atoms with E-state index in [1.807, 2.05) is 19.0 Å². The van der Waals surface area contributed by atoms with Gasteiger partial charge in [-0.25, -0.2) is 4.79 Å². The number of esters is 1. The van der Waals surface area contributed by atoms with Crippen LogP contribution in [0.15, 0.2) is 0 Å². The number of ether oxygens (including phenoxy) is 1. The predicted octanol–water partition coefficient (Wildman–Crippen LogP) is -0.290. The van der Waals surface area contributed by atoms with Gasteiger partial charge in [0.25, 0.3) is 0 Å². The van der Waals surface area contributed by atoms with Crippen LogP contribution in [0, 0.1) is 0 Å². The van der Waals surface area contributed by atoms with Crippen molar-refractivity contribution < 1.29 is 9.53 Å². The molecule has 11 heavy (non-hydrogen) atoms. The molecule has 0 aliphatic carbocycles. The Bertz CT molecular complexity index is 130. The zero-order chi connectivity index (χ0) is 7.98. The molecule has 0 spiro atoms. The van der Waals surface area contributed by atoms with Gasteiger partial charge in [-0.15, -0.1) is 0 Å². The summed E-state index contributed by atoms with van der Waals surface area (Å²) >= 11 is 4.34. The number of nitrogens with zero attached hydrogens (tertiary/aromatic N) is 1. The molecule has 0 rings (SSSR count). The van der Waals surface area contributed by atoms with Gasteiger partial charge in [0.05, 0.1) is 5.37 Å². The lowest BCUT2D eigenvalue weighted by atomic mass is 10.6. The third kappa shape index (κ3) is 9.58. The Kier molecular flexibility index (Phi) is 9.22. The summed E-state index contributed by atoms with van der Waals surface area (Å²) in [7, 11) is 3.82. The van der Waals surface area contributed by atoms with Crippen LogP contribution in [-0.2, 0) is 9.53 Å². The zero-order valence-electron chi connectivity index (χ0n) is 6.74. The second-order valence-electron chi connectivity index (χ2n) is 2.09. The summed E-state index contributed by atoms with van der Waals surface area (Å²) in [5.74, 6) is -0.433. The average Bonchev–Trinajstić information content (AvgIpc) is 1.87. The highest BCUT2D eigenvalue weighted by molar-refractivity contribution is 7.80. The third-order valence-electron chi connectivity index (χ3n) is 0.879. The lowest BCUT2D eigenvalue weighted by molar-refractivity contribution is -0.135. The van der Waals surface area contributed by atoms with E-state index in [1.54, 1.807) is 0 Å². The molecule has 0 aliphatic rings. The Morgan fingerprint density at radius 1 is 1.64 bits per heavy atom. The minimum Gasteiger partial charge on any atom is -0.461 e. The van der Waals surface area contributed by atoms with Crippen molar-refractivity contribution in [3.63, 3.8) is 0 Å². The van der Waals surface area contributed by atoms with Gasteiger partial charge < -0.3 is 9.64 Å². The Hall–Kier alpha value is -0.415. The molecule has 0 aliphatic heterocycles. The molecular formula is C6H11BNO2S. The Morgan fingerprint density at radius 2 is 2.18 bits per heavy atom. The second-order valence-corrected chi connectivity index (χ2v) is 2.32. The molecule has 0 fully saturated rings. The first-order chi connectivity index (χ1) is 4.66. The van der Waals surface area contributed by atoms with E-state index in [9.17, 15) is 4.79 Å². The predicted molar refractivity (Wildman–Crippen MR) is 48.9 cm³/mol. The molecule has 61 valence electrons. The van der Waals surface area contributed by atoms with E-state index in [1.165, 1.54) is 0 Å². The van der Waals surface area contributed by atoms with Crippen LogP contribution in [0.1, 0.15) is 0 Å². The van der Waals surface area contributed by atoms with Gasteiger partial charge in [-0.3, -0.25) is 0 Å². The van der Waals surface area contributed by atoms with Crippen molar-refractivity contribution >= 4 is 32.0 Å². The second kappa shape index (κ2) is 7.69. The minimum atomic E-state index is -0.433. The largest absolute Gasteiger partial charge is 0.461 e. The first-order valence-corrected chi connectivity index (χ1v) is 3.40. The van der Waals surface area contributed by atoms with Crippen molar-refractivity contribution in [3.05, 3.63) is 0 Å². The summed E-state index contributed by atoms with van der Waals surface area (Å²) in [5.41, 5.74) is 0. The van der Waals surface area contributed by atoms with E-state index >= 15 is 0 Å². The molecule has 3 radical (unpaired) electrons. The van der Waals surface area contributed by atoms with Crippen molar-refractivity contribution in [2.75, 3.05) is 27.2 Å². The van der Waals surface area contributed by atoms with Crippen LogP contribution in [0.5, 0.6) is 0 Å². The van der Waals surface area contributed by atoms with E-state index in [-0.39, 0.29) is 8.41 Å². The maximum atomic E-state index is 10.4. The Labute approximate surface area is 74.3 Å². The first-order valence-electron chi connectivity index (χ1n) is 2.93. The molecule has 0 saturated carbocycles. The third-order valence-corrected chi connectivity index (χ3v) is 1.07. The van der Waals surface area contributed by atoms with Crippen molar-refractivity contribution in [3.8, 4) is 0 Å². The summed E-state index contributed by atoms with van der Waals surface area (Å²) in [6, 6.07) is 0. The van der Waals surface area contributed by atoms with E-state index in [0.717, 1.165) is 11.9 Å². The number of hydrogen-bond donors (Lipinski definition) is 0. The molecular weight excluding hydrogens is 161 g/mol. The molecule has 0 heterocycles. The zero-order valence-corrected chi connectivity index (χ0v) is 7.56. The van der Waals surface area contributed by atoms with Crippen LogP contribution in [0.3, 0.4) is 0 Å². The lowest BCUT2D eigenvalue weighted by Gasteiger charge is -2.07. The van der Waals surface area contributed by atoms with Crippen LogP contribution < -0.4 is 0 Å². The fourth-order valence-corrected chi connectivity index (χ4v) is 0.431. The van der Waals surface area contributed by atoms with Gasteiger partial charge in [0.2, 0.25) is 0 Å². The van der Waals surface area contributed by atoms with Gasteiger partial charge >= 0.3 is 5.97 Å². The van der Waals surface area contributed by atoms with Gasteiger partial charge in [-0.2, -0.15) is 0 Å². The highest BCUT2D eigenvalue weighted by Crippen LogP contribution is 1.78. The van der Waals surface area contributed by atoms with Gasteiger partial charge in [-0.05, 0) is 14.1 Å². The van der Waals surface area contributed by atoms with Crippen molar-refractivity contribution in [2.24, 2.45) is 0 Å². The molecule has 5 heteroatoms. The maximum absolute atomic E-state index is 10.4. The van der Waals surface area contributed by atoms with Gasteiger partial charge in [-0.1, -0.05) is 12.2 Å². The van der Waals surface area contributed by atoms with Crippen LogP contribution in [0.4, 0.5) is 0 Å². The summed E-state index contributed by atoms with van der Waals surface area (Å²) in [6.07, 6.45) is 0. The highest BCUT2D eigenvalue weighted by Gasteiger charge is 1.95. The summed E-state index contributed by atoms with van der Waals surface area (Å²) in [5, 5.41) is 0.996. The fourth-order valence-electron chi connectivity index (χ4n) is 0.363. The van der Waals surface area contributed by atoms with E-state index in [4.69, 9.17) is 0 Å². The monoisotopic (exact) mass is 172 g/mol. The smallest absolute Gasteiger partial charge is 0.341 e. The Morgan fingerprint density at radius 3 is 2.55 bits per heavy atom. The van der Waals surface area contributed by atoms with Gasteiger partial charge in [0.15, 0.2) is 0 Å². The topological polar surface area (TPSA) is 29.5 Å². The molecule has 0 aromatic carbocycles. The molecule has 0 unspecified atom stereocenters. The SMILES string of the molecule is CN(C)CCOC(=O)C=S.[B]. The number of carbonyl (C=O) groups excluding carboxylic acids is 1. The molecule has 0 amide bonds. The molecule has 0 bridgehead atoms. The lowest BCUT2D eigenvalue weighted by Crippen LogP contribution is -2.20. The quantitative estimate of drug-likeness (QED) is 0.331. The number of thiocarbonyl (C=S) groups is 1. The van der Waals surface area contributed by atoms with E-state index in [2.05, 4.69) is 17.0 Å². The highest BCUT2D eigenvalue weighted by atomic mass is 32.1. The maximum Gasteiger partial charge on any atom is 0.341 e. The molecule has 3 nitrogen and oxygen atoms in total. The fraction of sp³-hybridized carbons (Fsp3) is 0.667. The van der Waals surface area contributed by atoms with E-state index < -0.39 is 5.97 Å². The number of hydrogen-bond acceptors (Lipinski definition) is 4. The van der Waals surface area contributed by atoms with E-state index in [0.29, 0.717) is 6.61 Å². The average molecular weight is 172 g/mol. The number of likely N-dealkylation sites (N-methyl/N-ethyl adjacent to an activating group) is 1. The van der Waals surface area contributed by atoms with Crippen LogP contribution >= 0.6 is 12.2 Å². The first kappa shape index (κ1) is 13.2. The van der Waals surface area contributed by atoms with Crippen molar-refractivity contribution in [2.45, 2.75) is 0 Å². The van der Waals surface area contributed by atoms with Crippen LogP contribution in [0.2, 0.25) is 0 Å². The molecule has 0 atom stereocenters.